The minimum absolute atomic E-state index is 0.0500. The second-order valence-electron chi connectivity index (χ2n) is 5.09. The Morgan fingerprint density at radius 2 is 1.88 bits per heavy atom. The van der Waals surface area contributed by atoms with Gasteiger partial charge < -0.3 is 19.4 Å². The number of aryl methyl sites for hydroxylation is 1. The monoisotopic (exact) mass is 326 g/mol. The fraction of sp³-hybridized carbons (Fsp3) is 0.118. The van der Waals surface area contributed by atoms with Crippen molar-refractivity contribution in [3.8, 4) is 17.2 Å². The quantitative estimate of drug-likeness (QED) is 0.431. The Labute approximate surface area is 136 Å². The number of phenols is 2. The summed E-state index contributed by atoms with van der Waals surface area (Å²) in [5, 5.41) is 28.4. The first kappa shape index (κ1) is 15.5. The molecular weight excluding hydrogens is 312 g/mol. The smallest absolute Gasteiger partial charge is 0.336 e. The van der Waals surface area contributed by atoms with Crippen molar-refractivity contribution in [1.29, 1.82) is 0 Å². The Morgan fingerprint density at radius 3 is 2.62 bits per heavy atom. The van der Waals surface area contributed by atoms with Gasteiger partial charge in [-0.3, -0.25) is 0 Å². The van der Waals surface area contributed by atoms with Gasteiger partial charge in [-0.1, -0.05) is 12.1 Å². The van der Waals surface area contributed by atoms with Crippen molar-refractivity contribution in [2.45, 2.75) is 6.92 Å². The summed E-state index contributed by atoms with van der Waals surface area (Å²) >= 11 is 0. The summed E-state index contributed by atoms with van der Waals surface area (Å²) in [6, 6.07) is 9.51. The van der Waals surface area contributed by atoms with Gasteiger partial charge in [0.25, 0.3) is 0 Å². The molecule has 0 spiro atoms. The molecule has 122 valence electrons. The first-order valence-corrected chi connectivity index (χ1v) is 7.05. The second-order valence-corrected chi connectivity index (χ2v) is 5.09. The van der Waals surface area contributed by atoms with Crippen molar-refractivity contribution in [3.63, 3.8) is 0 Å². The number of methoxy groups -OCH3 is 1. The summed E-state index contributed by atoms with van der Waals surface area (Å²) in [5.74, 6) is -0.411. The fourth-order valence-electron chi connectivity index (χ4n) is 2.32. The van der Waals surface area contributed by atoms with Gasteiger partial charge in [-0.15, -0.1) is 10.2 Å². The van der Waals surface area contributed by atoms with E-state index in [-0.39, 0.29) is 17.0 Å². The van der Waals surface area contributed by atoms with E-state index >= 15 is 0 Å². The van der Waals surface area contributed by atoms with E-state index < -0.39 is 11.4 Å². The molecule has 0 aliphatic rings. The van der Waals surface area contributed by atoms with Crippen LogP contribution < -0.4 is 10.4 Å². The number of para-hydroxylation sites is 1. The molecule has 0 radical (unpaired) electrons. The van der Waals surface area contributed by atoms with E-state index in [9.17, 15) is 15.0 Å². The van der Waals surface area contributed by atoms with Crippen LogP contribution in [-0.2, 0) is 0 Å². The van der Waals surface area contributed by atoms with Crippen molar-refractivity contribution in [1.82, 2.24) is 0 Å². The molecule has 0 unspecified atom stereocenters. The van der Waals surface area contributed by atoms with Gasteiger partial charge in [0.2, 0.25) is 0 Å². The molecule has 0 bridgehead atoms. The zero-order valence-electron chi connectivity index (χ0n) is 13.0. The number of aromatic hydroxyl groups is 2. The molecular formula is C17H14N2O5. The average molecular weight is 326 g/mol. The first-order chi connectivity index (χ1) is 11.5. The van der Waals surface area contributed by atoms with Gasteiger partial charge in [-0.25, -0.2) is 4.79 Å². The van der Waals surface area contributed by atoms with E-state index in [4.69, 9.17) is 9.15 Å². The fourth-order valence-corrected chi connectivity index (χ4v) is 2.32. The molecule has 0 atom stereocenters. The predicted octanol–water partition coefficient (Wildman–Crippen LogP) is 3.94. The van der Waals surface area contributed by atoms with Crippen LogP contribution in [0.3, 0.4) is 0 Å². The van der Waals surface area contributed by atoms with Crippen LogP contribution in [0, 0.1) is 6.92 Å². The molecule has 24 heavy (non-hydrogen) atoms. The van der Waals surface area contributed by atoms with Crippen molar-refractivity contribution < 1.29 is 19.4 Å². The third kappa shape index (κ3) is 2.67. The topological polar surface area (TPSA) is 105 Å². The molecule has 7 nitrogen and oxygen atoms in total. The van der Waals surface area contributed by atoms with Gasteiger partial charge in [-0.2, -0.15) is 0 Å². The standard InChI is InChI=1S/C17H14N2O5/c1-9-7-14(21)24-17-10(9)8-12(20)16(22)15(17)19-18-11-5-3-4-6-13(11)23-2/h3-8,20,22H,1-2H3. The molecule has 0 fully saturated rings. The zero-order valence-corrected chi connectivity index (χ0v) is 13.0. The highest BCUT2D eigenvalue weighted by molar-refractivity contribution is 5.94. The highest BCUT2D eigenvalue weighted by Gasteiger charge is 2.16. The number of nitrogens with zero attached hydrogens (tertiary/aromatic N) is 2. The third-order valence-electron chi connectivity index (χ3n) is 3.51. The zero-order chi connectivity index (χ0) is 17.3. The van der Waals surface area contributed by atoms with Crippen LogP contribution in [0.5, 0.6) is 17.2 Å². The lowest BCUT2D eigenvalue weighted by molar-refractivity contribution is 0.404. The lowest BCUT2D eigenvalue weighted by Crippen LogP contribution is -1.97. The van der Waals surface area contributed by atoms with Gasteiger partial charge in [0.15, 0.2) is 22.8 Å². The van der Waals surface area contributed by atoms with Crippen LogP contribution in [0.25, 0.3) is 11.0 Å². The Bertz CT molecular complexity index is 1010. The second kappa shape index (κ2) is 6.04. The number of rotatable bonds is 3. The van der Waals surface area contributed by atoms with E-state index in [1.165, 1.54) is 19.2 Å². The van der Waals surface area contributed by atoms with E-state index in [0.29, 0.717) is 22.4 Å². The summed E-state index contributed by atoms with van der Waals surface area (Å²) in [7, 11) is 1.50. The van der Waals surface area contributed by atoms with Crippen molar-refractivity contribution in [3.05, 3.63) is 52.4 Å². The Hall–Kier alpha value is -3.35. The number of phenolic OH excluding ortho intramolecular Hbond substituents is 2. The number of azo groups is 1. The molecule has 7 heteroatoms. The largest absolute Gasteiger partial charge is 0.504 e. The molecule has 1 aromatic heterocycles. The molecule has 0 aliphatic heterocycles. The highest BCUT2D eigenvalue weighted by atomic mass is 16.5. The molecule has 2 aromatic carbocycles. The summed E-state index contributed by atoms with van der Waals surface area (Å²) < 4.78 is 10.3. The Kier molecular flexibility index (Phi) is 3.91. The van der Waals surface area contributed by atoms with Gasteiger partial charge in [0.05, 0.1) is 7.11 Å². The van der Waals surface area contributed by atoms with Gasteiger partial charge in [-0.05, 0) is 30.7 Å². The number of hydrogen-bond acceptors (Lipinski definition) is 7. The number of ether oxygens (including phenoxy) is 1. The lowest BCUT2D eigenvalue weighted by Gasteiger charge is -2.07. The molecule has 0 saturated carbocycles. The van der Waals surface area contributed by atoms with Crippen LogP contribution >= 0.6 is 0 Å². The number of fused-ring (bicyclic) bond motifs is 1. The van der Waals surface area contributed by atoms with Crippen molar-refractivity contribution in [2.75, 3.05) is 7.11 Å². The SMILES string of the molecule is COc1ccccc1N=Nc1c(O)c(O)cc2c(C)cc(=O)oc12. The van der Waals surface area contributed by atoms with Crippen LogP contribution in [0.4, 0.5) is 11.4 Å². The summed E-state index contributed by atoms with van der Waals surface area (Å²) in [5.41, 5.74) is 0.348. The average Bonchev–Trinajstić information content (AvgIpc) is 2.56. The van der Waals surface area contributed by atoms with Crippen LogP contribution in [0.15, 0.2) is 55.8 Å². The van der Waals surface area contributed by atoms with Crippen LogP contribution in [0.2, 0.25) is 0 Å². The van der Waals surface area contributed by atoms with E-state index in [1.54, 1.807) is 31.2 Å². The predicted molar refractivity (Wildman–Crippen MR) is 87.7 cm³/mol. The van der Waals surface area contributed by atoms with E-state index in [0.717, 1.165) is 0 Å². The normalized spacial score (nSPS) is 11.2. The third-order valence-corrected chi connectivity index (χ3v) is 3.51. The summed E-state index contributed by atoms with van der Waals surface area (Å²) in [6.45, 7) is 1.69. The maximum atomic E-state index is 11.6. The Morgan fingerprint density at radius 1 is 1.12 bits per heavy atom. The van der Waals surface area contributed by atoms with E-state index in [1.807, 2.05) is 0 Å². The molecule has 1 heterocycles. The van der Waals surface area contributed by atoms with Gasteiger partial charge >= 0.3 is 5.63 Å². The number of hydrogen-bond donors (Lipinski definition) is 2. The highest BCUT2D eigenvalue weighted by Crippen LogP contribution is 2.43. The molecule has 2 N–H and O–H groups in total. The molecule has 0 amide bonds. The van der Waals surface area contributed by atoms with E-state index in [2.05, 4.69) is 10.2 Å². The molecule has 3 rings (SSSR count). The summed E-state index contributed by atoms with van der Waals surface area (Å²) in [4.78, 5) is 11.6. The van der Waals surface area contributed by atoms with Crippen molar-refractivity contribution >= 4 is 22.3 Å². The minimum Gasteiger partial charge on any atom is -0.504 e. The first-order valence-electron chi connectivity index (χ1n) is 7.05. The molecule has 3 aromatic rings. The lowest BCUT2D eigenvalue weighted by atomic mass is 10.1. The van der Waals surface area contributed by atoms with Gasteiger partial charge in [0.1, 0.15) is 11.4 Å². The van der Waals surface area contributed by atoms with Crippen LogP contribution in [-0.4, -0.2) is 17.3 Å². The maximum Gasteiger partial charge on any atom is 0.336 e. The number of benzene rings is 2. The van der Waals surface area contributed by atoms with Gasteiger partial charge in [0, 0.05) is 11.5 Å². The summed E-state index contributed by atoms with van der Waals surface area (Å²) in [6.07, 6.45) is 0. The Balaban J connectivity index is 2.24. The molecule has 0 saturated heterocycles. The maximum absolute atomic E-state index is 11.6. The minimum atomic E-state index is -0.584. The van der Waals surface area contributed by atoms with Crippen LogP contribution in [0.1, 0.15) is 5.56 Å². The molecule has 0 aliphatic carbocycles. The van der Waals surface area contributed by atoms with Crippen molar-refractivity contribution in [2.24, 2.45) is 10.2 Å².